The topological polar surface area (TPSA) is 32.5 Å². The fourth-order valence-corrected chi connectivity index (χ4v) is 2.88. The molecule has 0 bridgehead atoms. The molecule has 1 saturated heterocycles. The van der Waals surface area contributed by atoms with Crippen LogP contribution in [-0.2, 0) is 13.1 Å². The molecule has 0 aromatic heterocycles. The Kier molecular flexibility index (Phi) is 4.91. The first-order valence-electron chi connectivity index (χ1n) is 6.93. The van der Waals surface area contributed by atoms with E-state index in [0.717, 1.165) is 24.6 Å². The van der Waals surface area contributed by atoms with Gasteiger partial charge in [-0.1, -0.05) is 12.1 Å². The molecule has 0 radical (unpaired) electrons. The molecular weight excluding hydrogens is 241 g/mol. The first-order chi connectivity index (χ1) is 9.08. The fourth-order valence-electron chi connectivity index (χ4n) is 2.88. The minimum atomic E-state index is -0.202. The molecule has 3 nitrogen and oxygen atoms in total. The molecule has 0 spiro atoms. The highest BCUT2D eigenvalue weighted by Crippen LogP contribution is 2.17. The molecule has 19 heavy (non-hydrogen) atoms. The van der Waals surface area contributed by atoms with E-state index in [2.05, 4.69) is 23.9 Å². The summed E-state index contributed by atoms with van der Waals surface area (Å²) < 4.78 is 13.4. The molecule has 0 amide bonds. The predicted octanol–water partition coefficient (Wildman–Crippen LogP) is 1.67. The van der Waals surface area contributed by atoms with Gasteiger partial charge in [0.05, 0.1) is 0 Å². The van der Waals surface area contributed by atoms with Gasteiger partial charge in [0.2, 0.25) is 0 Å². The maximum Gasteiger partial charge on any atom is 0.127 e. The summed E-state index contributed by atoms with van der Waals surface area (Å²) in [6.45, 7) is 4.60. The second-order valence-electron chi connectivity index (χ2n) is 5.74. The number of benzene rings is 1. The van der Waals surface area contributed by atoms with Crippen molar-refractivity contribution in [1.82, 2.24) is 9.80 Å². The fraction of sp³-hybridized carbons (Fsp3) is 0.600. The van der Waals surface area contributed by atoms with Gasteiger partial charge in [-0.15, -0.1) is 0 Å². The van der Waals surface area contributed by atoms with Crippen LogP contribution in [0.5, 0.6) is 0 Å². The number of rotatable bonds is 5. The van der Waals surface area contributed by atoms with E-state index in [9.17, 15) is 4.39 Å². The zero-order valence-electron chi connectivity index (χ0n) is 11.9. The van der Waals surface area contributed by atoms with E-state index >= 15 is 0 Å². The predicted molar refractivity (Wildman–Crippen MR) is 76.2 cm³/mol. The SMILES string of the molecule is CN1CCC(CN(C)Cc2ccc(F)c(CN)c2)C1. The van der Waals surface area contributed by atoms with Crippen LogP contribution in [0.15, 0.2) is 18.2 Å². The second kappa shape index (κ2) is 6.46. The van der Waals surface area contributed by atoms with Crippen LogP contribution in [0.1, 0.15) is 17.5 Å². The molecular formula is C15H24FN3. The number of likely N-dealkylation sites (tertiary alicyclic amines) is 1. The summed E-state index contributed by atoms with van der Waals surface area (Å²) in [6, 6.07) is 5.26. The largest absolute Gasteiger partial charge is 0.326 e. The third-order valence-corrected chi connectivity index (χ3v) is 3.84. The van der Waals surface area contributed by atoms with Crippen LogP contribution in [0.2, 0.25) is 0 Å². The third-order valence-electron chi connectivity index (χ3n) is 3.84. The van der Waals surface area contributed by atoms with Crippen molar-refractivity contribution in [3.8, 4) is 0 Å². The van der Waals surface area contributed by atoms with Crippen molar-refractivity contribution >= 4 is 0 Å². The molecule has 1 fully saturated rings. The molecule has 1 aliphatic rings. The third kappa shape index (κ3) is 4.00. The Bertz CT molecular complexity index is 422. The van der Waals surface area contributed by atoms with E-state index in [1.54, 1.807) is 0 Å². The Balaban J connectivity index is 1.89. The van der Waals surface area contributed by atoms with Crippen molar-refractivity contribution in [3.63, 3.8) is 0 Å². The second-order valence-corrected chi connectivity index (χ2v) is 5.74. The minimum Gasteiger partial charge on any atom is -0.326 e. The van der Waals surface area contributed by atoms with Gasteiger partial charge in [0.25, 0.3) is 0 Å². The molecule has 1 heterocycles. The van der Waals surface area contributed by atoms with Gasteiger partial charge in [0, 0.05) is 31.7 Å². The first-order valence-corrected chi connectivity index (χ1v) is 6.93. The molecule has 1 aromatic rings. The van der Waals surface area contributed by atoms with Gasteiger partial charge in [0.15, 0.2) is 0 Å². The number of nitrogens with zero attached hydrogens (tertiary/aromatic N) is 2. The van der Waals surface area contributed by atoms with E-state index in [1.165, 1.54) is 25.6 Å². The lowest BCUT2D eigenvalue weighted by Gasteiger charge is -2.21. The Labute approximate surface area is 115 Å². The van der Waals surface area contributed by atoms with Crippen LogP contribution < -0.4 is 5.73 Å². The van der Waals surface area contributed by atoms with E-state index in [0.29, 0.717) is 5.56 Å². The lowest BCUT2D eigenvalue weighted by atomic mass is 10.1. The van der Waals surface area contributed by atoms with Gasteiger partial charge in [-0.25, -0.2) is 4.39 Å². The molecule has 0 saturated carbocycles. The van der Waals surface area contributed by atoms with Crippen molar-refractivity contribution in [2.75, 3.05) is 33.7 Å². The molecule has 2 rings (SSSR count). The standard InChI is InChI=1S/C15H24FN3/c1-18-6-5-13(10-18)11-19(2)9-12-3-4-15(16)14(7-12)8-17/h3-4,7,13H,5-6,8-11,17H2,1-2H3. The van der Waals surface area contributed by atoms with Crippen LogP contribution >= 0.6 is 0 Å². The van der Waals surface area contributed by atoms with Crippen LogP contribution in [0.3, 0.4) is 0 Å². The highest BCUT2D eigenvalue weighted by atomic mass is 19.1. The van der Waals surface area contributed by atoms with E-state index in [1.807, 2.05) is 12.1 Å². The Hall–Kier alpha value is -0.970. The van der Waals surface area contributed by atoms with Crippen molar-refractivity contribution in [1.29, 1.82) is 0 Å². The van der Waals surface area contributed by atoms with E-state index in [4.69, 9.17) is 5.73 Å². The van der Waals surface area contributed by atoms with Crippen LogP contribution in [-0.4, -0.2) is 43.5 Å². The lowest BCUT2D eigenvalue weighted by Crippen LogP contribution is -2.27. The van der Waals surface area contributed by atoms with Gasteiger partial charge in [-0.2, -0.15) is 0 Å². The molecule has 0 aliphatic carbocycles. The maximum absolute atomic E-state index is 13.4. The molecule has 1 aromatic carbocycles. The highest BCUT2D eigenvalue weighted by Gasteiger charge is 2.20. The quantitative estimate of drug-likeness (QED) is 0.879. The highest BCUT2D eigenvalue weighted by molar-refractivity contribution is 5.24. The van der Waals surface area contributed by atoms with Crippen molar-refractivity contribution in [3.05, 3.63) is 35.1 Å². The summed E-state index contributed by atoms with van der Waals surface area (Å²) >= 11 is 0. The van der Waals surface area contributed by atoms with Crippen molar-refractivity contribution in [2.24, 2.45) is 11.7 Å². The Morgan fingerprint density at radius 3 is 2.89 bits per heavy atom. The zero-order valence-corrected chi connectivity index (χ0v) is 11.9. The van der Waals surface area contributed by atoms with Gasteiger partial charge in [-0.05, 0) is 44.6 Å². The van der Waals surface area contributed by atoms with E-state index in [-0.39, 0.29) is 12.4 Å². The molecule has 2 N–H and O–H groups in total. The maximum atomic E-state index is 13.4. The monoisotopic (exact) mass is 265 g/mol. The Morgan fingerprint density at radius 2 is 2.26 bits per heavy atom. The number of hydrogen-bond donors (Lipinski definition) is 1. The smallest absolute Gasteiger partial charge is 0.127 e. The van der Waals surface area contributed by atoms with Gasteiger partial charge < -0.3 is 15.5 Å². The molecule has 1 atom stereocenters. The minimum absolute atomic E-state index is 0.202. The van der Waals surface area contributed by atoms with Crippen LogP contribution in [0, 0.1) is 11.7 Å². The summed E-state index contributed by atoms with van der Waals surface area (Å²) in [4.78, 5) is 4.69. The zero-order chi connectivity index (χ0) is 13.8. The average molecular weight is 265 g/mol. The van der Waals surface area contributed by atoms with Crippen molar-refractivity contribution in [2.45, 2.75) is 19.5 Å². The summed E-state index contributed by atoms with van der Waals surface area (Å²) in [5, 5.41) is 0. The normalized spacial score (nSPS) is 20.4. The van der Waals surface area contributed by atoms with Gasteiger partial charge >= 0.3 is 0 Å². The molecule has 4 heteroatoms. The summed E-state index contributed by atoms with van der Waals surface area (Å²) in [7, 11) is 4.30. The van der Waals surface area contributed by atoms with Crippen LogP contribution in [0.4, 0.5) is 4.39 Å². The van der Waals surface area contributed by atoms with Crippen molar-refractivity contribution < 1.29 is 4.39 Å². The molecule has 1 unspecified atom stereocenters. The van der Waals surface area contributed by atoms with E-state index < -0.39 is 0 Å². The summed E-state index contributed by atoms with van der Waals surface area (Å²) in [6.07, 6.45) is 1.28. The average Bonchev–Trinajstić information content (AvgIpc) is 2.77. The van der Waals surface area contributed by atoms with Crippen LogP contribution in [0.25, 0.3) is 0 Å². The molecule has 1 aliphatic heterocycles. The summed E-state index contributed by atoms with van der Waals surface area (Å²) in [5.74, 6) is 0.552. The molecule has 106 valence electrons. The number of halogens is 1. The van der Waals surface area contributed by atoms with Gasteiger partial charge in [-0.3, -0.25) is 0 Å². The number of hydrogen-bond acceptors (Lipinski definition) is 3. The summed E-state index contributed by atoms with van der Waals surface area (Å²) in [5.41, 5.74) is 7.28. The lowest BCUT2D eigenvalue weighted by molar-refractivity contribution is 0.267. The Morgan fingerprint density at radius 1 is 1.47 bits per heavy atom. The number of nitrogens with two attached hydrogens (primary N) is 1. The first kappa shape index (κ1) is 14.4. The van der Waals surface area contributed by atoms with Gasteiger partial charge in [0.1, 0.15) is 5.82 Å².